The second-order valence-corrected chi connectivity index (χ2v) is 3.84. The van der Waals surface area contributed by atoms with Gasteiger partial charge >= 0.3 is 11.7 Å². The van der Waals surface area contributed by atoms with E-state index in [0.717, 1.165) is 6.20 Å². The predicted octanol–water partition coefficient (Wildman–Crippen LogP) is 2.35. The van der Waals surface area contributed by atoms with E-state index in [1.165, 1.54) is 30.5 Å². The molecule has 104 valence electrons. The Labute approximate surface area is 118 Å². The molecule has 0 aliphatic carbocycles. The van der Waals surface area contributed by atoms with E-state index in [0.29, 0.717) is 0 Å². The van der Waals surface area contributed by atoms with E-state index < -0.39 is 16.6 Å². The minimum Gasteiger partial charge on any atom is -0.478 e. The van der Waals surface area contributed by atoms with Crippen LogP contribution < -0.4 is 4.74 Å². The molecule has 0 bridgehead atoms. The van der Waals surface area contributed by atoms with E-state index >= 15 is 0 Å². The molecule has 8 nitrogen and oxygen atoms in total. The van der Waals surface area contributed by atoms with Crippen LogP contribution in [0.3, 0.4) is 0 Å². The summed E-state index contributed by atoms with van der Waals surface area (Å²) >= 11 is 0. The van der Waals surface area contributed by atoms with Crippen LogP contribution in [0.15, 0.2) is 36.7 Å². The number of carboxylic acid groups (broad SMARTS) is 1. The van der Waals surface area contributed by atoms with Crippen LogP contribution in [-0.2, 0) is 0 Å². The lowest BCUT2D eigenvalue weighted by molar-refractivity contribution is -0.385. The molecule has 1 N–H and O–H groups in total. The summed E-state index contributed by atoms with van der Waals surface area (Å²) in [7, 11) is 0. The van der Waals surface area contributed by atoms with E-state index in [2.05, 4.69) is 4.98 Å². The molecule has 21 heavy (non-hydrogen) atoms. The van der Waals surface area contributed by atoms with Gasteiger partial charge in [-0.15, -0.1) is 0 Å². The number of hydrogen-bond donors (Lipinski definition) is 1. The lowest BCUT2D eigenvalue weighted by atomic mass is 10.2. The quantitative estimate of drug-likeness (QED) is 0.674. The summed E-state index contributed by atoms with van der Waals surface area (Å²) in [5.41, 5.74) is -0.757. The molecule has 0 radical (unpaired) electrons. The molecule has 1 aromatic heterocycles. The third-order valence-corrected chi connectivity index (χ3v) is 2.49. The number of aromatic carboxylic acids is 1. The number of hydrogen-bond acceptors (Lipinski definition) is 6. The van der Waals surface area contributed by atoms with Crippen LogP contribution in [0, 0.1) is 21.4 Å². The second-order valence-electron chi connectivity index (χ2n) is 3.84. The summed E-state index contributed by atoms with van der Waals surface area (Å²) in [6, 6.07) is 6.91. The maximum absolute atomic E-state index is 11.0. The zero-order chi connectivity index (χ0) is 15.4. The third-order valence-electron chi connectivity index (χ3n) is 2.49. The Hall–Kier alpha value is -3.47. The van der Waals surface area contributed by atoms with Gasteiger partial charge in [-0.25, -0.2) is 4.79 Å². The van der Waals surface area contributed by atoms with E-state index in [1.807, 2.05) is 0 Å². The molecule has 0 spiro atoms. The molecule has 1 aromatic carbocycles. The van der Waals surface area contributed by atoms with Crippen molar-refractivity contribution in [3.05, 3.63) is 57.9 Å². The molecule has 1 heterocycles. The van der Waals surface area contributed by atoms with E-state index in [-0.39, 0.29) is 22.6 Å². The number of nitro benzene ring substituents is 1. The zero-order valence-corrected chi connectivity index (χ0v) is 10.4. The molecular formula is C13H7N3O5. The van der Waals surface area contributed by atoms with Gasteiger partial charge in [0.1, 0.15) is 17.4 Å². The maximum atomic E-state index is 11.0. The van der Waals surface area contributed by atoms with E-state index in [9.17, 15) is 14.9 Å². The first-order valence-corrected chi connectivity index (χ1v) is 5.56. The minimum absolute atomic E-state index is 0.0214. The summed E-state index contributed by atoms with van der Waals surface area (Å²) in [6.07, 6.45) is 2.34. The van der Waals surface area contributed by atoms with Crippen molar-refractivity contribution in [2.45, 2.75) is 0 Å². The average Bonchev–Trinajstić information content (AvgIpc) is 2.46. The topological polar surface area (TPSA) is 126 Å². The Bertz CT molecular complexity index is 767. The molecule has 0 saturated carbocycles. The second kappa shape index (κ2) is 5.66. The number of carbonyl (C=O) groups is 1. The Kier molecular flexibility index (Phi) is 3.76. The Morgan fingerprint density at radius 3 is 2.81 bits per heavy atom. The van der Waals surface area contributed by atoms with Crippen LogP contribution in [-0.4, -0.2) is 21.0 Å². The largest absolute Gasteiger partial charge is 0.478 e. The van der Waals surface area contributed by atoms with Crippen molar-refractivity contribution < 1.29 is 19.6 Å². The molecule has 0 saturated heterocycles. The van der Waals surface area contributed by atoms with Crippen LogP contribution in [0.25, 0.3) is 0 Å². The summed E-state index contributed by atoms with van der Waals surface area (Å²) in [5, 5.41) is 28.8. The van der Waals surface area contributed by atoms with Gasteiger partial charge in [0.2, 0.25) is 5.75 Å². The monoisotopic (exact) mass is 285 g/mol. The van der Waals surface area contributed by atoms with Crippen LogP contribution in [0.2, 0.25) is 0 Å². The molecule has 2 rings (SSSR count). The van der Waals surface area contributed by atoms with Crippen molar-refractivity contribution in [1.82, 2.24) is 4.98 Å². The molecule has 2 aromatic rings. The first-order chi connectivity index (χ1) is 10.0. The van der Waals surface area contributed by atoms with Crippen molar-refractivity contribution in [3.63, 3.8) is 0 Å². The third kappa shape index (κ3) is 2.93. The van der Waals surface area contributed by atoms with Crippen molar-refractivity contribution in [3.8, 4) is 17.6 Å². The molecule has 8 heteroatoms. The Morgan fingerprint density at radius 2 is 2.19 bits per heavy atom. The number of pyridine rings is 1. The highest BCUT2D eigenvalue weighted by molar-refractivity contribution is 5.87. The first kappa shape index (κ1) is 14.0. The number of ether oxygens (including phenoxy) is 1. The highest BCUT2D eigenvalue weighted by Crippen LogP contribution is 2.33. The van der Waals surface area contributed by atoms with Crippen LogP contribution >= 0.6 is 0 Å². The fourth-order valence-corrected chi connectivity index (χ4v) is 1.60. The van der Waals surface area contributed by atoms with Gasteiger partial charge in [0.15, 0.2) is 0 Å². The number of benzene rings is 1. The van der Waals surface area contributed by atoms with Crippen molar-refractivity contribution >= 4 is 11.7 Å². The van der Waals surface area contributed by atoms with E-state index in [1.54, 1.807) is 6.07 Å². The van der Waals surface area contributed by atoms with Crippen LogP contribution in [0.4, 0.5) is 5.69 Å². The van der Waals surface area contributed by atoms with Gasteiger partial charge in [0, 0.05) is 6.20 Å². The summed E-state index contributed by atoms with van der Waals surface area (Å²) in [6.45, 7) is 0. The molecule has 0 aliphatic rings. The van der Waals surface area contributed by atoms with Crippen molar-refractivity contribution in [1.29, 1.82) is 5.26 Å². The van der Waals surface area contributed by atoms with Gasteiger partial charge in [-0.3, -0.25) is 15.1 Å². The fraction of sp³-hybridized carbons (Fsp3) is 0. The number of nitrogens with zero attached hydrogens (tertiary/aromatic N) is 3. The molecule has 0 amide bonds. The number of para-hydroxylation sites is 1. The normalized spacial score (nSPS) is 9.67. The standard InChI is InChI=1S/C13H7N3O5/c14-5-8-2-1-3-11(12(8)16(19)20)21-10-4-9(13(17)18)6-15-7-10/h1-4,6-7H,(H,17,18). The SMILES string of the molecule is N#Cc1cccc(Oc2cncc(C(=O)O)c2)c1[N+](=O)[O-]. The molecule has 0 unspecified atom stereocenters. The summed E-state index contributed by atoms with van der Waals surface area (Å²) < 4.78 is 5.29. The Morgan fingerprint density at radius 1 is 1.43 bits per heavy atom. The van der Waals surface area contributed by atoms with Gasteiger partial charge in [-0.05, 0) is 18.2 Å². The average molecular weight is 285 g/mol. The molecule has 0 aliphatic heterocycles. The first-order valence-electron chi connectivity index (χ1n) is 5.56. The van der Waals surface area contributed by atoms with Gasteiger partial charge in [0.05, 0.1) is 16.7 Å². The number of aromatic nitrogens is 1. The molecule has 0 fully saturated rings. The zero-order valence-electron chi connectivity index (χ0n) is 10.4. The highest BCUT2D eigenvalue weighted by atomic mass is 16.6. The Balaban J connectivity index is 2.45. The van der Waals surface area contributed by atoms with Gasteiger partial charge < -0.3 is 9.84 Å². The minimum atomic E-state index is -1.20. The predicted molar refractivity (Wildman–Crippen MR) is 69.1 cm³/mol. The van der Waals surface area contributed by atoms with E-state index in [4.69, 9.17) is 15.1 Å². The van der Waals surface area contributed by atoms with Crippen LogP contribution in [0.1, 0.15) is 15.9 Å². The highest BCUT2D eigenvalue weighted by Gasteiger charge is 2.21. The maximum Gasteiger partial charge on any atom is 0.337 e. The molecule has 0 atom stereocenters. The van der Waals surface area contributed by atoms with Gasteiger partial charge in [0.25, 0.3) is 0 Å². The lowest BCUT2D eigenvalue weighted by Gasteiger charge is -2.07. The number of nitro groups is 1. The van der Waals surface area contributed by atoms with Crippen molar-refractivity contribution in [2.24, 2.45) is 0 Å². The molecular weight excluding hydrogens is 278 g/mol. The summed E-state index contributed by atoms with van der Waals surface area (Å²) in [4.78, 5) is 24.8. The smallest absolute Gasteiger partial charge is 0.337 e. The van der Waals surface area contributed by atoms with Gasteiger partial charge in [-0.2, -0.15) is 5.26 Å². The van der Waals surface area contributed by atoms with Crippen LogP contribution in [0.5, 0.6) is 11.5 Å². The summed E-state index contributed by atoms with van der Waals surface area (Å²) in [5.74, 6) is -1.34. The van der Waals surface area contributed by atoms with Crippen molar-refractivity contribution in [2.75, 3.05) is 0 Å². The fourth-order valence-electron chi connectivity index (χ4n) is 1.60. The number of carboxylic acids is 1. The lowest BCUT2D eigenvalue weighted by Crippen LogP contribution is -1.99. The number of rotatable bonds is 4. The number of nitriles is 1. The van der Waals surface area contributed by atoms with Gasteiger partial charge in [-0.1, -0.05) is 6.07 Å².